The van der Waals surface area contributed by atoms with Crippen molar-refractivity contribution in [3.8, 4) is 6.07 Å². The molecule has 1 N–H and O–H groups in total. The molecule has 1 aromatic rings. The van der Waals surface area contributed by atoms with Gasteiger partial charge in [-0.2, -0.15) is 5.26 Å². The van der Waals surface area contributed by atoms with Gasteiger partial charge in [-0.1, -0.05) is 19.1 Å². The van der Waals surface area contributed by atoms with Crippen molar-refractivity contribution < 1.29 is 4.39 Å². The fraction of sp³-hybridized carbons (Fsp3) is 0.562. The number of nitrogens with zero attached hydrogens (tertiary/aromatic N) is 1. The number of thioether (sulfide) groups is 1. The molecule has 0 aliphatic rings. The first kappa shape index (κ1) is 17.0. The topological polar surface area (TPSA) is 35.8 Å². The molecule has 1 aromatic carbocycles. The molecule has 1 rings (SSSR count). The number of halogens is 1. The van der Waals surface area contributed by atoms with Crippen molar-refractivity contribution in [1.29, 1.82) is 5.26 Å². The molecule has 0 radical (unpaired) electrons. The van der Waals surface area contributed by atoms with Gasteiger partial charge in [0.15, 0.2) is 0 Å². The van der Waals surface area contributed by atoms with Crippen LogP contribution in [0.25, 0.3) is 0 Å². The van der Waals surface area contributed by atoms with Gasteiger partial charge in [-0.05, 0) is 51.0 Å². The summed E-state index contributed by atoms with van der Waals surface area (Å²) >= 11 is 1.52. The standard InChI is InChI=1S/C16H23FN2S/c1-4-16(12-18,19-13(2)3)10-7-11-20-15-9-6-5-8-14(15)17/h5-6,8-9,13,19H,4,7,10-11H2,1-3H3. The molecule has 1 unspecified atom stereocenters. The van der Waals surface area contributed by atoms with Gasteiger partial charge in [-0.25, -0.2) is 4.39 Å². The molecule has 20 heavy (non-hydrogen) atoms. The normalized spacial score (nSPS) is 14.0. The summed E-state index contributed by atoms with van der Waals surface area (Å²) in [7, 11) is 0. The monoisotopic (exact) mass is 294 g/mol. The fourth-order valence-corrected chi connectivity index (χ4v) is 3.08. The van der Waals surface area contributed by atoms with E-state index in [1.165, 1.54) is 17.8 Å². The van der Waals surface area contributed by atoms with Crippen LogP contribution in [0.15, 0.2) is 29.2 Å². The predicted molar refractivity (Wildman–Crippen MR) is 83.3 cm³/mol. The van der Waals surface area contributed by atoms with E-state index in [9.17, 15) is 9.65 Å². The van der Waals surface area contributed by atoms with Crippen molar-refractivity contribution in [2.24, 2.45) is 0 Å². The Kier molecular flexibility index (Phi) is 7.04. The summed E-state index contributed by atoms with van der Waals surface area (Å²) in [6, 6.07) is 9.52. The number of hydrogen-bond acceptors (Lipinski definition) is 3. The van der Waals surface area contributed by atoms with Crippen LogP contribution in [-0.4, -0.2) is 17.3 Å². The molecule has 0 aliphatic carbocycles. The van der Waals surface area contributed by atoms with E-state index in [-0.39, 0.29) is 11.9 Å². The van der Waals surface area contributed by atoms with Gasteiger partial charge in [-0.15, -0.1) is 11.8 Å². The number of rotatable bonds is 8. The van der Waals surface area contributed by atoms with E-state index in [0.717, 1.165) is 25.0 Å². The maximum Gasteiger partial charge on any atom is 0.136 e. The first-order valence-corrected chi connectivity index (χ1v) is 8.08. The molecule has 0 aliphatic heterocycles. The summed E-state index contributed by atoms with van der Waals surface area (Å²) in [5.74, 6) is 0.657. The third-order valence-electron chi connectivity index (χ3n) is 3.22. The number of hydrogen-bond donors (Lipinski definition) is 1. The lowest BCUT2D eigenvalue weighted by Gasteiger charge is -2.29. The van der Waals surface area contributed by atoms with Gasteiger partial charge in [-0.3, -0.25) is 5.32 Å². The molecule has 0 saturated carbocycles. The highest BCUT2D eigenvalue weighted by Gasteiger charge is 2.27. The zero-order valence-electron chi connectivity index (χ0n) is 12.4. The summed E-state index contributed by atoms with van der Waals surface area (Å²) in [6.45, 7) is 6.13. The van der Waals surface area contributed by atoms with Crippen LogP contribution in [0.2, 0.25) is 0 Å². The van der Waals surface area contributed by atoms with Crippen molar-refractivity contribution in [2.75, 3.05) is 5.75 Å². The summed E-state index contributed by atoms with van der Waals surface area (Å²) < 4.78 is 13.5. The zero-order chi connectivity index (χ0) is 15.0. The van der Waals surface area contributed by atoms with E-state index in [0.29, 0.717) is 4.90 Å². The minimum Gasteiger partial charge on any atom is -0.297 e. The number of nitrogens with one attached hydrogen (secondary N) is 1. The maximum absolute atomic E-state index is 13.5. The molecule has 0 fully saturated rings. The quantitative estimate of drug-likeness (QED) is 0.571. The van der Waals surface area contributed by atoms with Crippen LogP contribution in [0.5, 0.6) is 0 Å². The second kappa shape index (κ2) is 8.28. The van der Waals surface area contributed by atoms with Gasteiger partial charge in [0.1, 0.15) is 11.4 Å². The maximum atomic E-state index is 13.5. The molecule has 4 heteroatoms. The van der Waals surface area contributed by atoms with Gasteiger partial charge in [0, 0.05) is 10.9 Å². The average molecular weight is 294 g/mol. The first-order chi connectivity index (χ1) is 9.53. The molecule has 0 bridgehead atoms. The van der Waals surface area contributed by atoms with Crippen LogP contribution in [0.1, 0.15) is 40.0 Å². The minimum atomic E-state index is -0.454. The Hall–Kier alpha value is -1.05. The van der Waals surface area contributed by atoms with E-state index >= 15 is 0 Å². The summed E-state index contributed by atoms with van der Waals surface area (Å²) in [4.78, 5) is 0.684. The van der Waals surface area contributed by atoms with Gasteiger partial charge in [0.05, 0.1) is 6.07 Å². The summed E-state index contributed by atoms with van der Waals surface area (Å²) in [6.07, 6.45) is 2.46. The smallest absolute Gasteiger partial charge is 0.136 e. The Morgan fingerprint density at radius 1 is 1.40 bits per heavy atom. The van der Waals surface area contributed by atoms with E-state index in [1.807, 2.05) is 13.0 Å². The lowest BCUT2D eigenvalue weighted by molar-refractivity contribution is 0.341. The Morgan fingerprint density at radius 2 is 2.10 bits per heavy atom. The van der Waals surface area contributed by atoms with Crippen LogP contribution < -0.4 is 5.32 Å². The Labute approximate surface area is 125 Å². The first-order valence-electron chi connectivity index (χ1n) is 7.09. The number of nitriles is 1. The van der Waals surface area contributed by atoms with Crippen LogP contribution in [0.3, 0.4) is 0 Å². The summed E-state index contributed by atoms with van der Waals surface area (Å²) in [5, 5.41) is 12.8. The molecule has 1 atom stereocenters. The van der Waals surface area contributed by atoms with Crippen LogP contribution in [0.4, 0.5) is 4.39 Å². The SMILES string of the molecule is CCC(C#N)(CCCSc1ccccc1F)NC(C)C. The zero-order valence-corrected chi connectivity index (χ0v) is 13.3. The molecule has 0 amide bonds. The van der Waals surface area contributed by atoms with Gasteiger partial charge < -0.3 is 0 Å². The van der Waals surface area contributed by atoms with Crippen molar-refractivity contribution in [3.63, 3.8) is 0 Å². The molecule has 0 aromatic heterocycles. The third kappa shape index (κ3) is 5.15. The van der Waals surface area contributed by atoms with Crippen molar-refractivity contribution >= 4 is 11.8 Å². The Bertz CT molecular complexity index is 456. The van der Waals surface area contributed by atoms with Crippen molar-refractivity contribution in [3.05, 3.63) is 30.1 Å². The van der Waals surface area contributed by atoms with Crippen molar-refractivity contribution in [2.45, 2.75) is 56.5 Å². The molecule has 110 valence electrons. The molecule has 0 spiro atoms. The Morgan fingerprint density at radius 3 is 2.65 bits per heavy atom. The lowest BCUT2D eigenvalue weighted by Crippen LogP contribution is -2.47. The third-order valence-corrected chi connectivity index (χ3v) is 4.36. The van der Waals surface area contributed by atoms with Crippen LogP contribution in [0, 0.1) is 17.1 Å². The average Bonchev–Trinajstić information content (AvgIpc) is 2.43. The second-order valence-corrected chi connectivity index (χ2v) is 6.37. The van der Waals surface area contributed by atoms with Crippen molar-refractivity contribution in [1.82, 2.24) is 5.32 Å². The fourth-order valence-electron chi connectivity index (χ4n) is 2.19. The van der Waals surface area contributed by atoms with E-state index in [4.69, 9.17) is 0 Å². The van der Waals surface area contributed by atoms with Gasteiger partial charge >= 0.3 is 0 Å². The Balaban J connectivity index is 2.46. The lowest BCUT2D eigenvalue weighted by atomic mass is 9.91. The molecular formula is C16H23FN2S. The number of benzene rings is 1. The largest absolute Gasteiger partial charge is 0.297 e. The highest BCUT2D eigenvalue weighted by molar-refractivity contribution is 7.99. The minimum absolute atomic E-state index is 0.167. The van der Waals surface area contributed by atoms with E-state index in [1.54, 1.807) is 12.1 Å². The van der Waals surface area contributed by atoms with Crippen LogP contribution in [-0.2, 0) is 0 Å². The second-order valence-electron chi connectivity index (χ2n) is 5.23. The summed E-state index contributed by atoms with van der Waals surface area (Å²) in [5.41, 5.74) is -0.454. The van der Waals surface area contributed by atoms with Gasteiger partial charge in [0.25, 0.3) is 0 Å². The predicted octanol–water partition coefficient (Wildman–Crippen LogP) is 4.37. The van der Waals surface area contributed by atoms with Crippen LogP contribution >= 0.6 is 11.8 Å². The van der Waals surface area contributed by atoms with E-state index in [2.05, 4.69) is 25.2 Å². The molecular weight excluding hydrogens is 271 g/mol. The molecule has 0 heterocycles. The highest BCUT2D eigenvalue weighted by Crippen LogP contribution is 2.25. The van der Waals surface area contributed by atoms with Gasteiger partial charge in [0.2, 0.25) is 0 Å². The molecule has 2 nitrogen and oxygen atoms in total. The highest BCUT2D eigenvalue weighted by atomic mass is 32.2. The van der Waals surface area contributed by atoms with E-state index < -0.39 is 5.54 Å². The molecule has 0 saturated heterocycles.